The Bertz CT molecular complexity index is 357. The van der Waals surface area contributed by atoms with Gasteiger partial charge in [0.1, 0.15) is 5.75 Å². The Morgan fingerprint density at radius 3 is 2.47 bits per heavy atom. The molecule has 1 unspecified atom stereocenters. The Balaban J connectivity index is 1.76. The second-order valence-corrected chi connectivity index (χ2v) is 5.23. The molecule has 3 N–H and O–H groups in total. The number of rotatable bonds is 5. The van der Waals surface area contributed by atoms with Crippen LogP contribution in [0.15, 0.2) is 24.3 Å². The molecular weight excluding hydrogens is 214 g/mol. The predicted octanol–water partition coefficient (Wildman–Crippen LogP) is 1.83. The highest BCUT2D eigenvalue weighted by Gasteiger charge is 2.34. The fourth-order valence-electron chi connectivity index (χ4n) is 2.18. The van der Waals surface area contributed by atoms with Gasteiger partial charge >= 0.3 is 0 Å². The zero-order valence-corrected chi connectivity index (χ0v) is 10.3. The number of nitrogens with one attached hydrogen (secondary N) is 1. The molecule has 0 spiro atoms. The van der Waals surface area contributed by atoms with Crippen LogP contribution in [0.25, 0.3) is 0 Å². The molecule has 0 radical (unpaired) electrons. The van der Waals surface area contributed by atoms with Gasteiger partial charge in [0.25, 0.3) is 0 Å². The van der Waals surface area contributed by atoms with Crippen molar-refractivity contribution in [2.45, 2.75) is 44.2 Å². The number of hydrogen-bond donors (Lipinski definition) is 3. The van der Waals surface area contributed by atoms with Gasteiger partial charge in [0.2, 0.25) is 0 Å². The van der Waals surface area contributed by atoms with Crippen molar-refractivity contribution in [2.24, 2.45) is 0 Å². The minimum atomic E-state index is -0.455. The van der Waals surface area contributed by atoms with Gasteiger partial charge in [0, 0.05) is 12.6 Å². The number of phenolic OH excluding ortho intramolecular Hbond substituents is 1. The summed E-state index contributed by atoms with van der Waals surface area (Å²) in [6, 6.07) is 7.63. The van der Waals surface area contributed by atoms with Crippen molar-refractivity contribution >= 4 is 0 Å². The molecule has 1 saturated carbocycles. The van der Waals surface area contributed by atoms with E-state index in [9.17, 15) is 10.2 Å². The number of aromatic hydroxyl groups is 1. The minimum Gasteiger partial charge on any atom is -0.508 e. The third-order valence-corrected chi connectivity index (χ3v) is 3.54. The number of hydrogen-bond acceptors (Lipinski definition) is 3. The van der Waals surface area contributed by atoms with E-state index in [0.717, 1.165) is 25.7 Å². The zero-order chi connectivity index (χ0) is 12.3. The van der Waals surface area contributed by atoms with Gasteiger partial charge in [-0.25, -0.2) is 0 Å². The number of aliphatic hydroxyl groups is 1. The monoisotopic (exact) mass is 235 g/mol. The van der Waals surface area contributed by atoms with Gasteiger partial charge in [-0.15, -0.1) is 0 Å². The number of phenols is 1. The molecule has 3 nitrogen and oxygen atoms in total. The van der Waals surface area contributed by atoms with Gasteiger partial charge in [-0.05, 0) is 50.3 Å². The lowest BCUT2D eigenvalue weighted by molar-refractivity contribution is -0.0328. The first-order valence-electron chi connectivity index (χ1n) is 6.31. The van der Waals surface area contributed by atoms with Crippen LogP contribution in [0.1, 0.15) is 31.7 Å². The summed E-state index contributed by atoms with van der Waals surface area (Å²) < 4.78 is 0. The highest BCUT2D eigenvalue weighted by molar-refractivity contribution is 5.26. The number of benzene rings is 1. The van der Waals surface area contributed by atoms with Gasteiger partial charge in [-0.1, -0.05) is 12.1 Å². The summed E-state index contributed by atoms with van der Waals surface area (Å²) in [5.74, 6) is 0.304. The van der Waals surface area contributed by atoms with E-state index in [2.05, 4.69) is 12.2 Å². The van der Waals surface area contributed by atoms with E-state index < -0.39 is 5.60 Å². The van der Waals surface area contributed by atoms with Crippen molar-refractivity contribution in [3.8, 4) is 5.75 Å². The van der Waals surface area contributed by atoms with Crippen LogP contribution in [0.5, 0.6) is 5.75 Å². The molecule has 0 amide bonds. The lowest BCUT2D eigenvalue weighted by atomic mass is 9.80. The normalized spacial score (nSPS) is 19.6. The lowest BCUT2D eigenvalue weighted by Crippen LogP contribution is -2.48. The van der Waals surface area contributed by atoms with Crippen LogP contribution in [-0.4, -0.2) is 28.4 Å². The zero-order valence-electron chi connectivity index (χ0n) is 10.3. The van der Waals surface area contributed by atoms with Crippen molar-refractivity contribution in [1.82, 2.24) is 5.32 Å². The summed E-state index contributed by atoms with van der Waals surface area (Å²) in [5.41, 5.74) is 0.742. The van der Waals surface area contributed by atoms with Crippen molar-refractivity contribution < 1.29 is 10.2 Å². The van der Waals surface area contributed by atoms with Crippen LogP contribution in [0, 0.1) is 0 Å². The average Bonchev–Trinajstić information content (AvgIpc) is 2.27. The molecule has 1 aromatic carbocycles. The summed E-state index contributed by atoms with van der Waals surface area (Å²) in [6.45, 7) is 2.81. The topological polar surface area (TPSA) is 52.5 Å². The standard InChI is InChI=1S/C14H21NO2/c1-11(15-10-14(17)7-2-8-14)9-12-3-5-13(16)6-4-12/h3-6,11,15-17H,2,7-10H2,1H3. The van der Waals surface area contributed by atoms with E-state index >= 15 is 0 Å². The maximum atomic E-state index is 9.97. The smallest absolute Gasteiger partial charge is 0.115 e. The Kier molecular flexibility index (Phi) is 3.69. The van der Waals surface area contributed by atoms with Gasteiger partial charge in [0.05, 0.1) is 5.60 Å². The first kappa shape index (κ1) is 12.4. The Morgan fingerprint density at radius 2 is 1.94 bits per heavy atom. The summed E-state index contributed by atoms with van der Waals surface area (Å²) in [4.78, 5) is 0. The molecule has 3 heteroatoms. The summed E-state index contributed by atoms with van der Waals surface area (Å²) in [7, 11) is 0. The van der Waals surface area contributed by atoms with Crippen LogP contribution in [0.2, 0.25) is 0 Å². The molecule has 1 aliphatic rings. The van der Waals surface area contributed by atoms with Gasteiger partial charge < -0.3 is 15.5 Å². The molecule has 0 saturated heterocycles. The van der Waals surface area contributed by atoms with Crippen molar-refractivity contribution in [3.05, 3.63) is 29.8 Å². The predicted molar refractivity (Wildman–Crippen MR) is 68.1 cm³/mol. The SMILES string of the molecule is CC(Cc1ccc(O)cc1)NCC1(O)CCC1. The molecule has 0 aromatic heterocycles. The first-order chi connectivity index (χ1) is 8.07. The van der Waals surface area contributed by atoms with Crippen LogP contribution < -0.4 is 5.32 Å². The quantitative estimate of drug-likeness (QED) is 0.730. The van der Waals surface area contributed by atoms with E-state index in [1.165, 1.54) is 5.56 Å². The van der Waals surface area contributed by atoms with E-state index in [0.29, 0.717) is 18.3 Å². The molecule has 17 heavy (non-hydrogen) atoms. The molecular formula is C14H21NO2. The molecule has 0 aliphatic heterocycles. The Labute approximate surface area is 102 Å². The molecule has 0 bridgehead atoms. The van der Waals surface area contributed by atoms with Crippen LogP contribution in [0.4, 0.5) is 0 Å². The lowest BCUT2D eigenvalue weighted by Gasteiger charge is -2.37. The average molecular weight is 235 g/mol. The molecule has 1 aliphatic carbocycles. The van der Waals surface area contributed by atoms with E-state index in [4.69, 9.17) is 0 Å². The van der Waals surface area contributed by atoms with Gasteiger partial charge in [-0.3, -0.25) is 0 Å². The third kappa shape index (κ3) is 3.45. The first-order valence-corrected chi connectivity index (χ1v) is 6.31. The van der Waals surface area contributed by atoms with Crippen molar-refractivity contribution in [3.63, 3.8) is 0 Å². The maximum Gasteiger partial charge on any atom is 0.115 e. The summed E-state index contributed by atoms with van der Waals surface area (Å²) in [6.07, 6.45) is 3.90. The van der Waals surface area contributed by atoms with Gasteiger partial charge in [-0.2, -0.15) is 0 Å². The Morgan fingerprint density at radius 1 is 1.29 bits per heavy atom. The van der Waals surface area contributed by atoms with Crippen LogP contribution in [0.3, 0.4) is 0 Å². The molecule has 1 atom stereocenters. The minimum absolute atomic E-state index is 0.304. The highest BCUT2D eigenvalue weighted by atomic mass is 16.3. The molecule has 0 heterocycles. The second kappa shape index (κ2) is 5.07. The van der Waals surface area contributed by atoms with Crippen LogP contribution >= 0.6 is 0 Å². The second-order valence-electron chi connectivity index (χ2n) is 5.23. The highest BCUT2D eigenvalue weighted by Crippen LogP contribution is 2.30. The van der Waals surface area contributed by atoms with E-state index in [1.807, 2.05) is 12.1 Å². The van der Waals surface area contributed by atoms with E-state index in [-0.39, 0.29) is 0 Å². The van der Waals surface area contributed by atoms with Crippen molar-refractivity contribution in [1.29, 1.82) is 0 Å². The fraction of sp³-hybridized carbons (Fsp3) is 0.571. The Hall–Kier alpha value is -1.06. The molecule has 1 fully saturated rings. The molecule has 2 rings (SSSR count). The fourth-order valence-corrected chi connectivity index (χ4v) is 2.18. The van der Waals surface area contributed by atoms with Gasteiger partial charge in [0.15, 0.2) is 0 Å². The largest absolute Gasteiger partial charge is 0.508 e. The maximum absolute atomic E-state index is 9.97. The summed E-state index contributed by atoms with van der Waals surface area (Å²) in [5, 5.41) is 22.5. The molecule has 1 aromatic rings. The van der Waals surface area contributed by atoms with Crippen molar-refractivity contribution in [2.75, 3.05) is 6.54 Å². The third-order valence-electron chi connectivity index (χ3n) is 3.54. The molecule has 94 valence electrons. The van der Waals surface area contributed by atoms with Crippen LogP contribution in [-0.2, 0) is 6.42 Å². The summed E-state index contributed by atoms with van der Waals surface area (Å²) >= 11 is 0. The van der Waals surface area contributed by atoms with E-state index in [1.54, 1.807) is 12.1 Å².